The van der Waals surface area contributed by atoms with Crippen LogP contribution in [0.5, 0.6) is 5.75 Å². The second-order valence-corrected chi connectivity index (χ2v) is 9.70. The van der Waals surface area contributed by atoms with Crippen LogP contribution < -0.4 is 16.2 Å². The van der Waals surface area contributed by atoms with Gasteiger partial charge in [-0.15, -0.1) is 0 Å². The molecule has 0 amide bonds. The molecule has 5 aromatic rings. The van der Waals surface area contributed by atoms with Crippen molar-refractivity contribution in [2.75, 3.05) is 31.1 Å². The zero-order chi connectivity index (χ0) is 26.4. The number of phenolic OH excluding ortho intramolecular Hbond substituents is 1. The molecule has 1 saturated heterocycles. The fraction of sp³-hybridized carbons (Fsp3) is 0.172. The highest BCUT2D eigenvalue weighted by atomic mass is 35.5. The van der Waals surface area contributed by atoms with Crippen molar-refractivity contribution in [3.63, 3.8) is 0 Å². The van der Waals surface area contributed by atoms with E-state index in [1.165, 1.54) is 18.2 Å². The van der Waals surface area contributed by atoms with Crippen LogP contribution in [-0.4, -0.2) is 36.2 Å². The third-order valence-corrected chi connectivity index (χ3v) is 7.16. The molecule has 0 atom stereocenters. The van der Waals surface area contributed by atoms with E-state index in [1.807, 2.05) is 11.0 Å². The number of aromatic hydroxyl groups is 1. The standard InChI is InChI=1S/C29H22ClFN2O5/c30-18-5-8-26-17(13-18)14-21(29(36)37-26)20-15-27(35)38-28-19(20)6-7-25(34)22(28)16-32-9-11-33(12-10-32)24-4-2-1-3-23(24)31/h1-8,13-15,34H,9-12,16H2. The van der Waals surface area contributed by atoms with Gasteiger partial charge in [-0.1, -0.05) is 23.7 Å². The van der Waals surface area contributed by atoms with Crippen LogP contribution in [-0.2, 0) is 6.54 Å². The molecule has 9 heteroatoms. The lowest BCUT2D eigenvalue weighted by Gasteiger charge is -2.36. The number of piperazine rings is 1. The topological polar surface area (TPSA) is 87.1 Å². The highest BCUT2D eigenvalue weighted by molar-refractivity contribution is 6.31. The number of halogens is 2. The third-order valence-electron chi connectivity index (χ3n) is 6.92. The highest BCUT2D eigenvalue weighted by Crippen LogP contribution is 2.34. The second-order valence-electron chi connectivity index (χ2n) is 9.26. The maximum Gasteiger partial charge on any atom is 0.344 e. The number of fused-ring (bicyclic) bond motifs is 2. The Kier molecular flexibility index (Phi) is 6.13. The van der Waals surface area contributed by atoms with Crippen LogP contribution in [0.1, 0.15) is 5.56 Å². The van der Waals surface area contributed by atoms with Gasteiger partial charge in [0.1, 0.15) is 22.7 Å². The predicted octanol–water partition coefficient (Wildman–Crippen LogP) is 5.39. The summed E-state index contributed by atoms with van der Waals surface area (Å²) in [6.45, 7) is 2.74. The number of para-hydroxylation sites is 1. The summed E-state index contributed by atoms with van der Waals surface area (Å²) in [5.74, 6) is -0.283. The second kappa shape index (κ2) is 9.63. The van der Waals surface area contributed by atoms with Crippen LogP contribution >= 0.6 is 11.6 Å². The van der Waals surface area contributed by atoms with E-state index in [2.05, 4.69) is 4.90 Å². The molecule has 0 bridgehead atoms. The maximum absolute atomic E-state index is 14.2. The molecule has 0 saturated carbocycles. The van der Waals surface area contributed by atoms with Gasteiger partial charge in [-0.25, -0.2) is 14.0 Å². The minimum atomic E-state index is -0.658. The van der Waals surface area contributed by atoms with Gasteiger partial charge in [-0.2, -0.15) is 0 Å². The normalized spacial score (nSPS) is 14.4. The number of hydrogen-bond acceptors (Lipinski definition) is 7. The van der Waals surface area contributed by atoms with E-state index < -0.39 is 11.3 Å². The summed E-state index contributed by atoms with van der Waals surface area (Å²) < 4.78 is 25.3. The molecule has 192 valence electrons. The Hall–Kier alpha value is -4.14. The molecule has 0 unspecified atom stereocenters. The van der Waals surface area contributed by atoms with Crippen molar-refractivity contribution in [3.8, 4) is 16.9 Å². The molecule has 0 spiro atoms. The van der Waals surface area contributed by atoms with Crippen LogP contribution in [0, 0.1) is 5.82 Å². The van der Waals surface area contributed by atoms with E-state index in [4.69, 9.17) is 20.4 Å². The fourth-order valence-electron chi connectivity index (χ4n) is 5.01. The Balaban J connectivity index is 1.36. The molecule has 1 N–H and O–H groups in total. The quantitative estimate of drug-likeness (QED) is 0.311. The molecule has 1 aliphatic rings. The van der Waals surface area contributed by atoms with Crippen molar-refractivity contribution in [3.05, 3.63) is 104 Å². The van der Waals surface area contributed by atoms with Gasteiger partial charge in [0.15, 0.2) is 0 Å². The SMILES string of the molecule is O=c1cc(-c2cc3cc(Cl)ccc3oc2=O)c2ccc(O)c(CN3CCN(c4ccccc4F)CC3)c2o1. The first kappa shape index (κ1) is 24.2. The Labute approximate surface area is 220 Å². The van der Waals surface area contributed by atoms with Gasteiger partial charge in [0, 0.05) is 60.1 Å². The van der Waals surface area contributed by atoms with E-state index >= 15 is 0 Å². The third kappa shape index (κ3) is 4.42. The van der Waals surface area contributed by atoms with Gasteiger partial charge >= 0.3 is 11.3 Å². The zero-order valence-electron chi connectivity index (χ0n) is 20.1. The minimum absolute atomic E-state index is 0.0216. The van der Waals surface area contributed by atoms with Gasteiger partial charge in [0.2, 0.25) is 0 Å². The van der Waals surface area contributed by atoms with Crippen LogP contribution in [0.2, 0.25) is 5.02 Å². The summed E-state index contributed by atoms with van der Waals surface area (Å²) in [4.78, 5) is 29.6. The lowest BCUT2D eigenvalue weighted by atomic mass is 9.99. The van der Waals surface area contributed by atoms with Gasteiger partial charge < -0.3 is 18.8 Å². The van der Waals surface area contributed by atoms with Gasteiger partial charge in [0.05, 0.1) is 16.8 Å². The van der Waals surface area contributed by atoms with Crippen molar-refractivity contribution in [2.45, 2.75) is 6.54 Å². The smallest absolute Gasteiger partial charge is 0.344 e. The monoisotopic (exact) mass is 532 g/mol. The number of anilines is 1. The summed E-state index contributed by atoms with van der Waals surface area (Å²) in [6.07, 6.45) is 0. The lowest BCUT2D eigenvalue weighted by molar-refractivity contribution is 0.246. The number of benzene rings is 3. The molecule has 3 aromatic carbocycles. The average molecular weight is 533 g/mol. The first-order valence-corrected chi connectivity index (χ1v) is 12.5. The summed E-state index contributed by atoms with van der Waals surface area (Å²) in [6, 6.07) is 17.6. The maximum atomic E-state index is 14.2. The van der Waals surface area contributed by atoms with E-state index in [0.717, 1.165) is 0 Å². The molecule has 2 aromatic heterocycles. The number of hydrogen-bond donors (Lipinski definition) is 1. The van der Waals surface area contributed by atoms with Crippen molar-refractivity contribution in [1.29, 1.82) is 0 Å². The molecule has 1 aliphatic heterocycles. The van der Waals surface area contributed by atoms with E-state index in [1.54, 1.807) is 42.5 Å². The Bertz CT molecular complexity index is 1810. The highest BCUT2D eigenvalue weighted by Gasteiger charge is 2.23. The number of rotatable bonds is 4. The average Bonchev–Trinajstić information content (AvgIpc) is 2.90. The molecule has 38 heavy (non-hydrogen) atoms. The molecular formula is C29H22ClFN2O5. The van der Waals surface area contributed by atoms with Crippen molar-refractivity contribution in [1.82, 2.24) is 4.90 Å². The van der Waals surface area contributed by atoms with Crippen molar-refractivity contribution in [2.24, 2.45) is 0 Å². The van der Waals surface area contributed by atoms with Gasteiger partial charge in [-0.3, -0.25) is 4.90 Å². The van der Waals surface area contributed by atoms with Gasteiger partial charge in [0.25, 0.3) is 0 Å². The molecule has 0 aliphatic carbocycles. The number of nitrogens with zero attached hydrogens (tertiary/aromatic N) is 2. The first-order valence-electron chi connectivity index (χ1n) is 12.1. The summed E-state index contributed by atoms with van der Waals surface area (Å²) in [7, 11) is 0. The minimum Gasteiger partial charge on any atom is -0.507 e. The number of phenols is 1. The molecule has 1 fully saturated rings. The Morgan fingerprint density at radius 3 is 2.47 bits per heavy atom. The van der Waals surface area contributed by atoms with E-state index in [0.29, 0.717) is 70.9 Å². The van der Waals surface area contributed by atoms with Gasteiger partial charge in [-0.05, 0) is 48.5 Å². The molecule has 3 heterocycles. The molecular weight excluding hydrogens is 511 g/mol. The van der Waals surface area contributed by atoms with Crippen LogP contribution in [0.15, 0.2) is 85.2 Å². The zero-order valence-corrected chi connectivity index (χ0v) is 20.9. The molecule has 7 nitrogen and oxygen atoms in total. The van der Waals surface area contributed by atoms with Crippen LogP contribution in [0.4, 0.5) is 10.1 Å². The van der Waals surface area contributed by atoms with E-state index in [-0.39, 0.29) is 22.7 Å². The Morgan fingerprint density at radius 1 is 0.895 bits per heavy atom. The van der Waals surface area contributed by atoms with Crippen molar-refractivity contribution >= 4 is 39.2 Å². The van der Waals surface area contributed by atoms with Crippen LogP contribution in [0.3, 0.4) is 0 Å². The summed E-state index contributed by atoms with van der Waals surface area (Å²) in [5.41, 5.74) is 0.850. The summed E-state index contributed by atoms with van der Waals surface area (Å²) in [5, 5.41) is 12.3. The molecule has 6 rings (SSSR count). The van der Waals surface area contributed by atoms with E-state index in [9.17, 15) is 19.1 Å². The first-order chi connectivity index (χ1) is 18.4. The summed E-state index contributed by atoms with van der Waals surface area (Å²) >= 11 is 6.12. The lowest BCUT2D eigenvalue weighted by Crippen LogP contribution is -2.46. The predicted molar refractivity (Wildman–Crippen MR) is 145 cm³/mol. The molecule has 0 radical (unpaired) electrons. The fourth-order valence-corrected chi connectivity index (χ4v) is 5.19. The Morgan fingerprint density at radius 2 is 1.68 bits per heavy atom. The van der Waals surface area contributed by atoms with Crippen molar-refractivity contribution < 1.29 is 18.3 Å². The van der Waals surface area contributed by atoms with Crippen LogP contribution in [0.25, 0.3) is 33.1 Å². The largest absolute Gasteiger partial charge is 0.507 e.